The van der Waals surface area contributed by atoms with E-state index in [0.29, 0.717) is 0 Å². The molecule has 1 N–H and O–H groups in total. The molecule has 0 unspecified atom stereocenters. The predicted octanol–water partition coefficient (Wildman–Crippen LogP) is 5.34. The Kier molecular flexibility index (Phi) is 6.60. The summed E-state index contributed by atoms with van der Waals surface area (Å²) in [6.07, 6.45) is 1.72. The Morgan fingerprint density at radius 1 is 1.03 bits per heavy atom. The number of hydrazone groups is 1. The Morgan fingerprint density at radius 2 is 1.76 bits per heavy atom. The lowest BCUT2D eigenvalue weighted by Gasteiger charge is -2.10. The van der Waals surface area contributed by atoms with Crippen molar-refractivity contribution in [3.8, 4) is 5.69 Å². The highest BCUT2D eigenvalue weighted by Crippen LogP contribution is 2.23. The fraction of sp³-hybridized carbons (Fsp3) is 0.250. The maximum absolute atomic E-state index is 12.4. The first-order valence-corrected chi connectivity index (χ1v) is 10.6. The van der Waals surface area contributed by atoms with Gasteiger partial charge in [0.05, 0.1) is 11.5 Å². The summed E-state index contributed by atoms with van der Waals surface area (Å²) in [4.78, 5) is 13.4. The molecule has 0 spiro atoms. The molecule has 5 heteroatoms. The van der Waals surface area contributed by atoms with Crippen LogP contribution in [-0.2, 0) is 4.79 Å². The zero-order chi connectivity index (χ0) is 21.0. The van der Waals surface area contributed by atoms with Gasteiger partial charge in [-0.15, -0.1) is 11.8 Å². The van der Waals surface area contributed by atoms with E-state index < -0.39 is 0 Å². The van der Waals surface area contributed by atoms with Gasteiger partial charge in [-0.1, -0.05) is 29.8 Å². The SMILES string of the molecule is Cc1ccc(S[C@H](C)C(=O)N/N=C\c2cc(C)n(-c3cccc(C)c3)c2C)cc1. The van der Waals surface area contributed by atoms with Crippen molar-refractivity contribution in [2.24, 2.45) is 5.10 Å². The summed E-state index contributed by atoms with van der Waals surface area (Å²) in [7, 11) is 0. The quantitative estimate of drug-likeness (QED) is 0.342. The van der Waals surface area contributed by atoms with E-state index in [1.54, 1.807) is 6.21 Å². The molecule has 0 aliphatic carbocycles. The van der Waals surface area contributed by atoms with Crippen LogP contribution in [0.3, 0.4) is 0 Å². The average molecular weight is 406 g/mol. The van der Waals surface area contributed by atoms with Crippen molar-refractivity contribution in [2.45, 2.75) is 44.8 Å². The molecule has 0 bridgehead atoms. The molecular weight excluding hydrogens is 378 g/mol. The first-order chi connectivity index (χ1) is 13.8. The van der Waals surface area contributed by atoms with Crippen LogP contribution in [0.15, 0.2) is 64.6 Å². The minimum absolute atomic E-state index is 0.112. The zero-order valence-electron chi connectivity index (χ0n) is 17.6. The lowest BCUT2D eigenvalue weighted by Crippen LogP contribution is -2.26. The molecule has 0 aliphatic rings. The Bertz CT molecular complexity index is 1030. The van der Waals surface area contributed by atoms with Crippen LogP contribution in [0.1, 0.15) is 35.0 Å². The lowest BCUT2D eigenvalue weighted by atomic mass is 10.2. The zero-order valence-corrected chi connectivity index (χ0v) is 18.4. The van der Waals surface area contributed by atoms with Crippen LogP contribution in [0.5, 0.6) is 0 Å². The number of carbonyl (C=O) groups is 1. The molecule has 3 aromatic rings. The second-order valence-electron chi connectivity index (χ2n) is 7.31. The second kappa shape index (κ2) is 9.14. The number of hydrogen-bond donors (Lipinski definition) is 1. The van der Waals surface area contributed by atoms with Crippen molar-refractivity contribution < 1.29 is 4.79 Å². The Morgan fingerprint density at radius 3 is 2.45 bits per heavy atom. The number of nitrogens with one attached hydrogen (secondary N) is 1. The largest absolute Gasteiger partial charge is 0.318 e. The minimum Gasteiger partial charge on any atom is -0.318 e. The second-order valence-corrected chi connectivity index (χ2v) is 8.72. The van der Waals surface area contributed by atoms with Crippen molar-refractivity contribution in [1.29, 1.82) is 0 Å². The van der Waals surface area contributed by atoms with Crippen LogP contribution in [0, 0.1) is 27.7 Å². The summed E-state index contributed by atoms with van der Waals surface area (Å²) in [5.74, 6) is -0.112. The van der Waals surface area contributed by atoms with Crippen LogP contribution in [0.2, 0.25) is 0 Å². The molecule has 1 aromatic heterocycles. The summed E-state index contributed by atoms with van der Waals surface area (Å²) in [6.45, 7) is 10.2. The number of amides is 1. The van der Waals surface area contributed by atoms with Gasteiger partial charge in [0.25, 0.3) is 5.91 Å². The third-order valence-electron chi connectivity index (χ3n) is 4.81. The smallest absolute Gasteiger partial charge is 0.253 e. The van der Waals surface area contributed by atoms with E-state index in [4.69, 9.17) is 0 Å². The molecule has 1 amide bonds. The van der Waals surface area contributed by atoms with Gasteiger partial charge in [0.15, 0.2) is 0 Å². The molecule has 0 saturated heterocycles. The Labute approximate surface area is 177 Å². The summed E-state index contributed by atoms with van der Waals surface area (Å²) < 4.78 is 2.20. The Hall–Kier alpha value is -2.79. The minimum atomic E-state index is -0.227. The number of carbonyl (C=O) groups excluding carboxylic acids is 1. The van der Waals surface area contributed by atoms with Gasteiger partial charge in [-0.05, 0) is 70.5 Å². The topological polar surface area (TPSA) is 46.4 Å². The first-order valence-electron chi connectivity index (χ1n) is 9.67. The summed E-state index contributed by atoms with van der Waals surface area (Å²) in [5, 5.41) is 3.97. The van der Waals surface area contributed by atoms with Gasteiger partial charge >= 0.3 is 0 Å². The van der Waals surface area contributed by atoms with Crippen molar-refractivity contribution >= 4 is 23.9 Å². The standard InChI is InChI=1S/C24H27N3OS/c1-16-9-11-23(12-10-16)29-20(5)24(28)26-25-15-21-14-18(3)27(19(21)4)22-8-6-7-17(2)13-22/h6-15,20H,1-5H3,(H,26,28)/b25-15-/t20-/m1/s1. The molecule has 2 aromatic carbocycles. The Balaban J connectivity index is 1.66. The van der Waals surface area contributed by atoms with Gasteiger partial charge in [-0.25, -0.2) is 5.43 Å². The van der Waals surface area contributed by atoms with E-state index in [2.05, 4.69) is 85.3 Å². The highest BCUT2D eigenvalue weighted by atomic mass is 32.2. The van der Waals surface area contributed by atoms with Crippen molar-refractivity contribution in [2.75, 3.05) is 0 Å². The summed E-state index contributed by atoms with van der Waals surface area (Å²) >= 11 is 1.52. The lowest BCUT2D eigenvalue weighted by molar-refractivity contribution is -0.120. The normalized spacial score (nSPS) is 12.3. The van der Waals surface area contributed by atoms with Crippen LogP contribution in [-0.4, -0.2) is 21.9 Å². The fourth-order valence-corrected chi connectivity index (χ4v) is 4.07. The number of aromatic nitrogens is 1. The predicted molar refractivity (Wildman–Crippen MR) is 122 cm³/mol. The van der Waals surface area contributed by atoms with Crippen molar-refractivity contribution in [1.82, 2.24) is 9.99 Å². The molecular formula is C24H27N3OS. The summed E-state index contributed by atoms with van der Waals surface area (Å²) in [5.41, 5.74) is 9.44. The highest BCUT2D eigenvalue weighted by Gasteiger charge is 2.14. The van der Waals surface area contributed by atoms with E-state index in [1.165, 1.54) is 22.9 Å². The first kappa shape index (κ1) is 20.9. The molecule has 0 fully saturated rings. The van der Waals surface area contributed by atoms with Gasteiger partial charge in [0, 0.05) is 27.5 Å². The van der Waals surface area contributed by atoms with E-state index in [1.807, 2.05) is 19.1 Å². The molecule has 4 nitrogen and oxygen atoms in total. The molecule has 0 radical (unpaired) electrons. The third kappa shape index (κ3) is 5.18. The van der Waals surface area contributed by atoms with E-state index >= 15 is 0 Å². The van der Waals surface area contributed by atoms with Gasteiger partial charge < -0.3 is 4.57 Å². The number of thioether (sulfide) groups is 1. The monoisotopic (exact) mass is 405 g/mol. The van der Waals surface area contributed by atoms with Gasteiger partial charge in [0.2, 0.25) is 0 Å². The van der Waals surface area contributed by atoms with E-state index in [-0.39, 0.29) is 11.2 Å². The highest BCUT2D eigenvalue weighted by molar-refractivity contribution is 8.00. The van der Waals surface area contributed by atoms with Gasteiger partial charge in [-0.3, -0.25) is 4.79 Å². The number of nitrogens with zero attached hydrogens (tertiary/aromatic N) is 2. The van der Waals surface area contributed by atoms with Crippen LogP contribution < -0.4 is 5.43 Å². The molecule has 29 heavy (non-hydrogen) atoms. The number of aryl methyl sites for hydroxylation is 3. The molecule has 150 valence electrons. The van der Waals surface area contributed by atoms with Gasteiger partial charge in [-0.2, -0.15) is 5.10 Å². The molecule has 1 heterocycles. The van der Waals surface area contributed by atoms with Crippen LogP contribution in [0.4, 0.5) is 0 Å². The van der Waals surface area contributed by atoms with Crippen molar-refractivity contribution in [3.63, 3.8) is 0 Å². The maximum Gasteiger partial charge on any atom is 0.253 e. The van der Waals surface area contributed by atoms with Crippen LogP contribution in [0.25, 0.3) is 5.69 Å². The maximum atomic E-state index is 12.4. The fourth-order valence-electron chi connectivity index (χ4n) is 3.21. The summed E-state index contributed by atoms with van der Waals surface area (Å²) in [6, 6.07) is 18.7. The van der Waals surface area contributed by atoms with Crippen molar-refractivity contribution in [3.05, 3.63) is 82.7 Å². The van der Waals surface area contributed by atoms with Crippen LogP contribution >= 0.6 is 11.8 Å². The van der Waals surface area contributed by atoms with E-state index in [9.17, 15) is 4.79 Å². The molecule has 0 aliphatic heterocycles. The number of rotatable bonds is 6. The molecule has 1 atom stereocenters. The average Bonchev–Trinajstić information content (AvgIpc) is 2.97. The third-order valence-corrected chi connectivity index (χ3v) is 5.92. The molecule has 0 saturated carbocycles. The number of benzene rings is 2. The van der Waals surface area contributed by atoms with Gasteiger partial charge in [0.1, 0.15) is 0 Å². The molecule has 3 rings (SSSR count). The van der Waals surface area contributed by atoms with E-state index in [0.717, 1.165) is 27.5 Å². The number of hydrogen-bond acceptors (Lipinski definition) is 3.